The first kappa shape index (κ1) is 26.1. The molecular formula is C20H40N2O6S. The number of ether oxygens (including phenoxy) is 3. The summed E-state index contributed by atoms with van der Waals surface area (Å²) >= 11 is 0. The molecule has 1 rings (SSSR count). The molecule has 0 unspecified atom stereocenters. The fourth-order valence-corrected chi connectivity index (χ4v) is 4.40. The Morgan fingerprint density at radius 1 is 1.14 bits per heavy atom. The van der Waals surface area contributed by atoms with Crippen molar-refractivity contribution in [2.45, 2.75) is 85.2 Å². The monoisotopic (exact) mass is 436 g/mol. The number of nitrogens with one attached hydrogen (secondary N) is 1. The molecule has 0 amide bonds. The van der Waals surface area contributed by atoms with Crippen molar-refractivity contribution in [2.24, 2.45) is 5.41 Å². The normalized spacial score (nSPS) is 19.1. The number of hydrogen-bond acceptors (Lipinski definition) is 7. The van der Waals surface area contributed by atoms with Crippen molar-refractivity contribution in [3.63, 3.8) is 0 Å². The zero-order chi connectivity index (χ0) is 22.5. The second kappa shape index (κ2) is 10.4. The van der Waals surface area contributed by atoms with Crippen LogP contribution in [0.1, 0.15) is 61.3 Å². The van der Waals surface area contributed by atoms with Crippen LogP contribution < -0.4 is 5.32 Å². The summed E-state index contributed by atoms with van der Waals surface area (Å²) in [5.41, 5.74) is -0.777. The fraction of sp³-hybridized carbons (Fsp3) is 0.950. The molecule has 172 valence electrons. The highest BCUT2D eigenvalue weighted by molar-refractivity contribution is 7.88. The molecule has 1 fully saturated rings. The first-order chi connectivity index (χ1) is 13.1. The molecule has 0 spiro atoms. The van der Waals surface area contributed by atoms with Gasteiger partial charge in [-0.2, -0.15) is 4.31 Å². The molecule has 0 saturated carbocycles. The molecule has 0 aromatic heterocycles. The molecule has 1 aliphatic heterocycles. The van der Waals surface area contributed by atoms with E-state index in [1.165, 1.54) is 10.6 Å². The van der Waals surface area contributed by atoms with E-state index in [0.29, 0.717) is 0 Å². The summed E-state index contributed by atoms with van der Waals surface area (Å²) in [5.74, 6) is 0. The highest BCUT2D eigenvalue weighted by Gasteiger charge is 2.34. The highest BCUT2D eigenvalue weighted by atomic mass is 32.2. The Labute approximate surface area is 176 Å². The van der Waals surface area contributed by atoms with Gasteiger partial charge in [0.1, 0.15) is 18.8 Å². The molecule has 1 N–H and O–H groups in total. The number of hydrogen-bond donors (Lipinski definition) is 1. The SMILES string of the molecule is C[C@H](O[C@H](COC(=O)OC1CCNCC1)CN(C(C)(C)C)S(C)(=O)=O)C(C)(C)C. The quantitative estimate of drug-likeness (QED) is 0.585. The van der Waals surface area contributed by atoms with Gasteiger partial charge in [0, 0.05) is 12.1 Å². The summed E-state index contributed by atoms with van der Waals surface area (Å²) in [5, 5.41) is 3.21. The minimum absolute atomic E-state index is 0.0771. The van der Waals surface area contributed by atoms with Gasteiger partial charge in [-0.3, -0.25) is 0 Å². The average Bonchev–Trinajstić information content (AvgIpc) is 2.54. The van der Waals surface area contributed by atoms with Crippen LogP contribution in [0.2, 0.25) is 0 Å². The minimum Gasteiger partial charge on any atom is -0.431 e. The van der Waals surface area contributed by atoms with E-state index in [0.717, 1.165) is 25.9 Å². The summed E-state index contributed by atoms with van der Waals surface area (Å²) in [6, 6.07) is 0. The molecular weight excluding hydrogens is 396 g/mol. The lowest BCUT2D eigenvalue weighted by Crippen LogP contribution is -2.51. The van der Waals surface area contributed by atoms with Crippen LogP contribution in [0.15, 0.2) is 0 Å². The van der Waals surface area contributed by atoms with Gasteiger partial charge in [-0.1, -0.05) is 20.8 Å². The van der Waals surface area contributed by atoms with Gasteiger partial charge in [0.25, 0.3) is 0 Å². The van der Waals surface area contributed by atoms with Gasteiger partial charge in [-0.05, 0) is 59.0 Å². The minimum atomic E-state index is -3.48. The zero-order valence-corrected chi connectivity index (χ0v) is 20.1. The van der Waals surface area contributed by atoms with Crippen molar-refractivity contribution in [1.82, 2.24) is 9.62 Å². The van der Waals surface area contributed by atoms with E-state index in [4.69, 9.17) is 14.2 Å². The second-order valence-electron chi connectivity index (χ2n) is 9.86. The fourth-order valence-electron chi connectivity index (χ4n) is 2.96. The van der Waals surface area contributed by atoms with E-state index >= 15 is 0 Å². The van der Waals surface area contributed by atoms with Crippen molar-refractivity contribution >= 4 is 16.2 Å². The van der Waals surface area contributed by atoms with Crippen LogP contribution in [0, 0.1) is 5.41 Å². The van der Waals surface area contributed by atoms with E-state index < -0.39 is 27.8 Å². The van der Waals surface area contributed by atoms with Crippen LogP contribution in [0.25, 0.3) is 0 Å². The molecule has 1 aliphatic rings. The smallest absolute Gasteiger partial charge is 0.431 e. The van der Waals surface area contributed by atoms with Crippen LogP contribution in [0.5, 0.6) is 0 Å². The van der Waals surface area contributed by atoms with E-state index in [9.17, 15) is 13.2 Å². The van der Waals surface area contributed by atoms with Crippen LogP contribution in [0.3, 0.4) is 0 Å². The first-order valence-electron chi connectivity index (χ1n) is 10.3. The second-order valence-corrected chi connectivity index (χ2v) is 11.8. The number of rotatable bonds is 8. The third-order valence-corrected chi connectivity index (χ3v) is 6.57. The van der Waals surface area contributed by atoms with Gasteiger partial charge in [0.05, 0.1) is 12.4 Å². The Kier molecular flexibility index (Phi) is 9.39. The molecule has 1 saturated heterocycles. The molecule has 9 heteroatoms. The molecule has 0 aromatic carbocycles. The predicted molar refractivity (Wildman–Crippen MR) is 113 cm³/mol. The molecule has 0 aliphatic carbocycles. The van der Waals surface area contributed by atoms with Gasteiger partial charge in [0.2, 0.25) is 10.0 Å². The lowest BCUT2D eigenvalue weighted by molar-refractivity contribution is -0.0927. The van der Waals surface area contributed by atoms with Crippen LogP contribution in [-0.2, 0) is 24.2 Å². The Bertz CT molecular complexity index is 618. The van der Waals surface area contributed by atoms with Gasteiger partial charge in [-0.15, -0.1) is 0 Å². The number of carbonyl (C=O) groups excluding carboxylic acids is 1. The molecule has 2 atom stereocenters. The van der Waals surface area contributed by atoms with Crippen molar-refractivity contribution in [3.05, 3.63) is 0 Å². The van der Waals surface area contributed by atoms with Gasteiger partial charge >= 0.3 is 6.16 Å². The van der Waals surface area contributed by atoms with Crippen LogP contribution >= 0.6 is 0 Å². The number of nitrogens with zero attached hydrogens (tertiary/aromatic N) is 1. The summed E-state index contributed by atoms with van der Waals surface area (Å²) in [7, 11) is -3.48. The number of carbonyl (C=O) groups is 1. The van der Waals surface area contributed by atoms with Gasteiger partial charge < -0.3 is 19.5 Å². The van der Waals surface area contributed by atoms with E-state index in [-0.39, 0.29) is 30.8 Å². The van der Waals surface area contributed by atoms with Crippen molar-refractivity contribution in [3.8, 4) is 0 Å². The van der Waals surface area contributed by atoms with E-state index in [2.05, 4.69) is 5.32 Å². The van der Waals surface area contributed by atoms with Gasteiger partial charge in [-0.25, -0.2) is 13.2 Å². The van der Waals surface area contributed by atoms with Crippen LogP contribution in [0.4, 0.5) is 4.79 Å². The summed E-state index contributed by atoms with van der Waals surface area (Å²) < 4.78 is 42.8. The molecule has 0 bridgehead atoms. The molecule has 0 radical (unpaired) electrons. The number of sulfonamides is 1. The standard InChI is InChI=1S/C20H40N2O6S/c1-15(19(2,3)4)27-17(13-22(20(5,6)7)29(8,24)25)14-26-18(23)28-16-9-11-21-12-10-16/h15-17,21H,9-14H2,1-8H3/t15-,17-/m0/s1. The Balaban J connectivity index is 2.82. The zero-order valence-electron chi connectivity index (χ0n) is 19.3. The topological polar surface area (TPSA) is 94.2 Å². The molecule has 0 aromatic rings. The van der Waals surface area contributed by atoms with E-state index in [1.807, 2.05) is 48.5 Å². The molecule has 1 heterocycles. The maximum Gasteiger partial charge on any atom is 0.508 e. The Morgan fingerprint density at radius 3 is 2.14 bits per heavy atom. The largest absolute Gasteiger partial charge is 0.508 e. The van der Waals surface area contributed by atoms with Crippen LogP contribution in [-0.4, -0.2) is 75.2 Å². The summed E-state index contributed by atoms with van der Waals surface area (Å²) in [6.45, 7) is 15.2. The average molecular weight is 437 g/mol. The third kappa shape index (κ3) is 9.63. The highest BCUT2D eigenvalue weighted by Crippen LogP contribution is 2.25. The Morgan fingerprint density at radius 2 is 1.69 bits per heavy atom. The lowest BCUT2D eigenvalue weighted by atomic mass is 9.90. The summed E-state index contributed by atoms with van der Waals surface area (Å²) in [6.07, 6.45) is 1.00. The van der Waals surface area contributed by atoms with Gasteiger partial charge in [0.15, 0.2) is 0 Å². The predicted octanol–water partition coefficient (Wildman–Crippen LogP) is 2.77. The van der Waals surface area contributed by atoms with Crippen molar-refractivity contribution in [2.75, 3.05) is 32.5 Å². The van der Waals surface area contributed by atoms with Crippen molar-refractivity contribution < 1.29 is 27.4 Å². The molecule has 29 heavy (non-hydrogen) atoms. The summed E-state index contributed by atoms with van der Waals surface area (Å²) in [4.78, 5) is 12.1. The van der Waals surface area contributed by atoms with Crippen molar-refractivity contribution in [1.29, 1.82) is 0 Å². The maximum absolute atomic E-state index is 12.3. The number of piperidine rings is 1. The maximum atomic E-state index is 12.3. The lowest BCUT2D eigenvalue weighted by Gasteiger charge is -2.38. The third-order valence-electron chi connectivity index (χ3n) is 5.07. The van der Waals surface area contributed by atoms with E-state index in [1.54, 1.807) is 0 Å². The molecule has 8 nitrogen and oxygen atoms in total. The first-order valence-corrected chi connectivity index (χ1v) is 12.1. The Hall–Kier alpha value is -0.900.